The number of piperidine rings is 1. The molecule has 3 aliphatic rings. The van der Waals surface area contributed by atoms with E-state index in [0.717, 1.165) is 64.7 Å². The number of aliphatic imine (C=N–C) groups is 1. The van der Waals surface area contributed by atoms with E-state index >= 15 is 0 Å². The van der Waals surface area contributed by atoms with Crippen molar-refractivity contribution in [1.82, 2.24) is 20.0 Å². The molecule has 0 aromatic carbocycles. The fourth-order valence-corrected chi connectivity index (χ4v) is 4.25. The Morgan fingerprint density at radius 3 is 2.44 bits per heavy atom. The summed E-state index contributed by atoms with van der Waals surface area (Å²) < 4.78 is 11.6. The molecule has 1 N–H and O–H groups in total. The Kier molecular flexibility index (Phi) is 10.8. The number of ether oxygens (including phenoxy) is 2. The van der Waals surface area contributed by atoms with Gasteiger partial charge in [0.25, 0.3) is 0 Å². The van der Waals surface area contributed by atoms with Gasteiger partial charge in [0, 0.05) is 45.3 Å². The van der Waals surface area contributed by atoms with Crippen LogP contribution in [0.1, 0.15) is 53.4 Å². The average molecular weight is 566 g/mol. The highest BCUT2D eigenvalue weighted by molar-refractivity contribution is 14.0. The summed E-state index contributed by atoms with van der Waals surface area (Å²) in [6.07, 6.45) is 4.35. The minimum Gasteiger partial charge on any atom is -0.444 e. The maximum Gasteiger partial charge on any atom is 0.410 e. The molecular formula is C23H44IN5O3. The number of halogens is 1. The molecule has 0 aromatic heterocycles. The first kappa shape index (κ1) is 27.4. The number of nitrogens with one attached hydrogen (secondary N) is 1. The number of hydrogen-bond acceptors (Lipinski definition) is 5. The Bertz CT molecular complexity index is 615. The van der Waals surface area contributed by atoms with Crippen LogP contribution < -0.4 is 5.32 Å². The number of carbonyl (C=O) groups excluding carboxylic acids is 1. The van der Waals surface area contributed by atoms with Crippen LogP contribution in [0.5, 0.6) is 0 Å². The minimum atomic E-state index is -0.459. The van der Waals surface area contributed by atoms with Gasteiger partial charge in [-0.15, -0.1) is 24.0 Å². The highest BCUT2D eigenvalue weighted by Crippen LogP contribution is 2.32. The first-order valence-corrected chi connectivity index (χ1v) is 12.1. The minimum absolute atomic E-state index is 0. The monoisotopic (exact) mass is 565 g/mol. The van der Waals surface area contributed by atoms with Gasteiger partial charge in [-0.05, 0) is 66.3 Å². The number of carbonyl (C=O) groups is 1. The summed E-state index contributed by atoms with van der Waals surface area (Å²) in [7, 11) is 2.13. The van der Waals surface area contributed by atoms with Crippen molar-refractivity contribution in [3.05, 3.63) is 0 Å². The maximum atomic E-state index is 12.9. The van der Waals surface area contributed by atoms with E-state index in [4.69, 9.17) is 14.5 Å². The van der Waals surface area contributed by atoms with Crippen LogP contribution in [-0.4, -0.2) is 104 Å². The molecular weight excluding hydrogens is 521 g/mol. The Morgan fingerprint density at radius 2 is 1.88 bits per heavy atom. The molecule has 1 atom stereocenters. The first-order valence-electron chi connectivity index (χ1n) is 12.1. The SMILES string of the molecule is CCNC(=NCC1CN(C)CCO1)N1CCC(N(CC2CC2)C(=O)OC(C)(C)C)CC1.I. The van der Waals surface area contributed by atoms with Crippen molar-refractivity contribution in [3.63, 3.8) is 0 Å². The van der Waals surface area contributed by atoms with Gasteiger partial charge in [-0.25, -0.2) is 4.79 Å². The number of nitrogens with zero attached hydrogens (tertiary/aromatic N) is 4. The predicted octanol–water partition coefficient (Wildman–Crippen LogP) is 3.01. The third-order valence-corrected chi connectivity index (χ3v) is 6.11. The fourth-order valence-electron chi connectivity index (χ4n) is 4.25. The number of likely N-dealkylation sites (tertiary alicyclic amines) is 1. The molecule has 2 aliphatic heterocycles. The molecule has 1 aliphatic carbocycles. The quantitative estimate of drug-likeness (QED) is 0.304. The van der Waals surface area contributed by atoms with Crippen molar-refractivity contribution in [2.24, 2.45) is 10.9 Å². The molecule has 9 heteroatoms. The molecule has 0 bridgehead atoms. The molecule has 0 aromatic rings. The Labute approximate surface area is 211 Å². The molecule has 8 nitrogen and oxygen atoms in total. The largest absolute Gasteiger partial charge is 0.444 e. The summed E-state index contributed by atoms with van der Waals surface area (Å²) in [5.41, 5.74) is -0.459. The van der Waals surface area contributed by atoms with E-state index in [2.05, 4.69) is 29.1 Å². The number of guanidine groups is 1. The zero-order valence-electron chi connectivity index (χ0n) is 20.6. The van der Waals surface area contributed by atoms with E-state index in [1.165, 1.54) is 12.8 Å². The molecule has 2 saturated heterocycles. The number of rotatable bonds is 6. The molecule has 2 heterocycles. The lowest BCUT2D eigenvalue weighted by Gasteiger charge is -2.40. The molecule has 3 rings (SSSR count). The van der Waals surface area contributed by atoms with Crippen molar-refractivity contribution in [2.75, 3.05) is 59.5 Å². The number of likely N-dealkylation sites (N-methyl/N-ethyl adjacent to an activating group) is 1. The van der Waals surface area contributed by atoms with Crippen LogP contribution in [0, 0.1) is 5.92 Å². The van der Waals surface area contributed by atoms with Crippen molar-refractivity contribution >= 4 is 36.0 Å². The van der Waals surface area contributed by atoms with Crippen LogP contribution in [0.2, 0.25) is 0 Å². The second-order valence-electron chi connectivity index (χ2n) is 10.2. The Morgan fingerprint density at radius 1 is 1.19 bits per heavy atom. The summed E-state index contributed by atoms with van der Waals surface area (Å²) in [5.74, 6) is 1.61. The van der Waals surface area contributed by atoms with Crippen molar-refractivity contribution in [2.45, 2.75) is 71.1 Å². The van der Waals surface area contributed by atoms with Crippen LogP contribution in [0.15, 0.2) is 4.99 Å². The van der Waals surface area contributed by atoms with Gasteiger partial charge in [0.15, 0.2) is 5.96 Å². The molecule has 3 fully saturated rings. The average Bonchev–Trinajstić information content (AvgIpc) is 3.52. The van der Waals surface area contributed by atoms with E-state index in [1.807, 2.05) is 25.7 Å². The van der Waals surface area contributed by atoms with Crippen molar-refractivity contribution in [3.8, 4) is 0 Å². The molecule has 1 unspecified atom stereocenters. The molecule has 186 valence electrons. The van der Waals surface area contributed by atoms with Gasteiger partial charge in [0.2, 0.25) is 0 Å². The number of morpholine rings is 1. The fraction of sp³-hybridized carbons (Fsp3) is 0.913. The summed E-state index contributed by atoms with van der Waals surface area (Å²) in [4.78, 5) is 24.4. The zero-order chi connectivity index (χ0) is 22.4. The normalized spacial score (nSPS) is 23.5. The molecule has 32 heavy (non-hydrogen) atoms. The Balaban J connectivity index is 0.00000363. The first-order chi connectivity index (χ1) is 14.7. The topological polar surface area (TPSA) is 69.6 Å². The zero-order valence-corrected chi connectivity index (χ0v) is 23.0. The third kappa shape index (κ3) is 8.85. The van der Waals surface area contributed by atoms with Crippen LogP contribution in [-0.2, 0) is 9.47 Å². The lowest BCUT2D eigenvalue weighted by Crippen LogP contribution is -2.53. The van der Waals surface area contributed by atoms with E-state index in [-0.39, 0.29) is 42.2 Å². The second-order valence-corrected chi connectivity index (χ2v) is 10.2. The van der Waals surface area contributed by atoms with Crippen molar-refractivity contribution in [1.29, 1.82) is 0 Å². The predicted molar refractivity (Wildman–Crippen MR) is 139 cm³/mol. The number of hydrogen-bond donors (Lipinski definition) is 1. The van der Waals surface area contributed by atoms with Gasteiger partial charge < -0.3 is 29.5 Å². The van der Waals surface area contributed by atoms with Gasteiger partial charge in [-0.3, -0.25) is 4.99 Å². The lowest BCUT2D eigenvalue weighted by atomic mass is 10.0. The highest BCUT2D eigenvalue weighted by Gasteiger charge is 2.35. The molecule has 0 spiro atoms. The molecule has 1 saturated carbocycles. The van der Waals surface area contributed by atoms with Crippen LogP contribution >= 0.6 is 24.0 Å². The number of amides is 1. The van der Waals surface area contributed by atoms with Gasteiger partial charge >= 0.3 is 6.09 Å². The van der Waals surface area contributed by atoms with Gasteiger partial charge in [0.05, 0.1) is 19.3 Å². The Hall–Kier alpha value is -0.810. The maximum absolute atomic E-state index is 12.9. The van der Waals surface area contributed by atoms with Gasteiger partial charge in [-0.1, -0.05) is 0 Å². The standard InChI is InChI=1S/C23H43N5O3.HI/c1-6-24-21(25-15-20-17-26(5)13-14-30-20)27-11-9-19(10-12-27)28(16-18-7-8-18)22(29)31-23(2,3)4;/h18-20H,6-17H2,1-5H3,(H,24,25);1H. The van der Waals surface area contributed by atoms with Crippen LogP contribution in [0.25, 0.3) is 0 Å². The summed E-state index contributed by atoms with van der Waals surface area (Å²) >= 11 is 0. The van der Waals surface area contributed by atoms with Crippen LogP contribution in [0.4, 0.5) is 4.79 Å². The van der Waals surface area contributed by atoms with E-state index < -0.39 is 5.60 Å². The summed E-state index contributed by atoms with van der Waals surface area (Å²) in [6, 6.07) is 0.241. The third-order valence-electron chi connectivity index (χ3n) is 6.11. The second kappa shape index (κ2) is 12.6. The van der Waals surface area contributed by atoms with Crippen LogP contribution in [0.3, 0.4) is 0 Å². The summed E-state index contributed by atoms with van der Waals surface area (Å²) in [5, 5.41) is 3.44. The summed E-state index contributed by atoms with van der Waals surface area (Å²) in [6.45, 7) is 14.8. The lowest BCUT2D eigenvalue weighted by molar-refractivity contribution is -0.0138. The molecule has 1 amide bonds. The van der Waals surface area contributed by atoms with Gasteiger partial charge in [-0.2, -0.15) is 0 Å². The van der Waals surface area contributed by atoms with E-state index in [0.29, 0.717) is 12.5 Å². The van der Waals surface area contributed by atoms with E-state index in [1.54, 1.807) is 0 Å². The molecule has 0 radical (unpaired) electrons. The smallest absolute Gasteiger partial charge is 0.410 e. The van der Waals surface area contributed by atoms with Gasteiger partial charge in [0.1, 0.15) is 5.60 Å². The highest BCUT2D eigenvalue weighted by atomic mass is 127. The van der Waals surface area contributed by atoms with Crippen molar-refractivity contribution < 1.29 is 14.3 Å². The van der Waals surface area contributed by atoms with E-state index in [9.17, 15) is 4.79 Å².